The van der Waals surface area contributed by atoms with Crippen molar-refractivity contribution in [1.29, 1.82) is 0 Å². The molecule has 0 aliphatic carbocycles. The lowest BCUT2D eigenvalue weighted by molar-refractivity contribution is -0.352. The molecule has 2 N–H and O–H groups in total. The number of aliphatic hydroxyl groups excluding tert-OH is 1. The average Bonchev–Trinajstić information content (AvgIpc) is 2.40. The van der Waals surface area contributed by atoms with Crippen molar-refractivity contribution in [2.24, 2.45) is 0 Å². The molecule has 0 aromatic rings. The first-order chi connectivity index (χ1) is 8.99. The second-order valence-corrected chi connectivity index (χ2v) is 4.48. The van der Waals surface area contributed by atoms with E-state index in [4.69, 9.17) is 18.9 Å². The fourth-order valence-electron chi connectivity index (χ4n) is 2.20. The maximum absolute atomic E-state index is 10.8. The van der Waals surface area contributed by atoms with Gasteiger partial charge < -0.3 is 29.4 Å². The molecule has 0 aromatic heterocycles. The summed E-state index contributed by atoms with van der Waals surface area (Å²) in [4.78, 5) is 10.8. The van der Waals surface area contributed by atoms with Crippen LogP contribution in [0.2, 0.25) is 0 Å². The van der Waals surface area contributed by atoms with Crippen LogP contribution in [-0.4, -0.2) is 63.2 Å². The summed E-state index contributed by atoms with van der Waals surface area (Å²) in [6.07, 6.45) is -1.30. The molecule has 7 heteroatoms. The van der Waals surface area contributed by atoms with Crippen LogP contribution in [0.4, 0.5) is 0 Å². The van der Waals surface area contributed by atoms with Crippen LogP contribution in [0.25, 0.3) is 0 Å². The normalized spacial score (nSPS) is 30.1. The Morgan fingerprint density at radius 1 is 1.42 bits per heavy atom. The Kier molecular flexibility index (Phi) is 6.15. The van der Waals surface area contributed by atoms with Gasteiger partial charge in [0.25, 0.3) is 0 Å². The zero-order valence-electron chi connectivity index (χ0n) is 11.8. The van der Waals surface area contributed by atoms with E-state index in [9.17, 15) is 9.90 Å². The number of ether oxygens (including phenoxy) is 4. The van der Waals surface area contributed by atoms with Gasteiger partial charge in [-0.05, 0) is 6.42 Å². The zero-order chi connectivity index (χ0) is 14.5. The number of rotatable bonds is 6. The molecule has 0 radical (unpaired) electrons. The highest BCUT2D eigenvalue weighted by atomic mass is 16.7. The fourth-order valence-corrected chi connectivity index (χ4v) is 2.20. The van der Waals surface area contributed by atoms with Crippen molar-refractivity contribution in [3.05, 3.63) is 0 Å². The topological polar surface area (TPSA) is 86.3 Å². The van der Waals surface area contributed by atoms with Gasteiger partial charge in [-0.2, -0.15) is 0 Å². The molecule has 1 aliphatic rings. The Bertz CT molecular complexity index is 294. The Morgan fingerprint density at radius 2 is 2.05 bits per heavy atom. The van der Waals surface area contributed by atoms with E-state index in [1.54, 1.807) is 0 Å². The lowest BCUT2D eigenvalue weighted by atomic mass is 9.95. The van der Waals surface area contributed by atoms with Gasteiger partial charge >= 0.3 is 0 Å². The highest BCUT2D eigenvalue weighted by Crippen LogP contribution is 2.34. The van der Waals surface area contributed by atoms with Gasteiger partial charge in [-0.25, -0.2) is 0 Å². The van der Waals surface area contributed by atoms with Gasteiger partial charge in [0, 0.05) is 34.8 Å². The standard InChI is InChI=1S/C12H23NO6/c1-8(14)13-6-5-9-11(15)12(17-3,18-4)7-10(16-2)19-9/h9-11,15H,5-7H2,1-4H3,(H,13,14)/t9-,10-,11-/m1/s1. The van der Waals surface area contributed by atoms with Crippen molar-refractivity contribution in [3.63, 3.8) is 0 Å². The first-order valence-corrected chi connectivity index (χ1v) is 6.20. The summed E-state index contributed by atoms with van der Waals surface area (Å²) in [6, 6.07) is 0. The first kappa shape index (κ1) is 16.3. The third-order valence-electron chi connectivity index (χ3n) is 3.34. The summed E-state index contributed by atoms with van der Waals surface area (Å²) in [5.41, 5.74) is 0. The molecule has 0 saturated carbocycles. The third kappa shape index (κ3) is 3.87. The largest absolute Gasteiger partial charge is 0.385 e. The van der Waals surface area contributed by atoms with E-state index in [1.807, 2.05) is 0 Å². The van der Waals surface area contributed by atoms with Crippen LogP contribution in [0.3, 0.4) is 0 Å². The summed E-state index contributed by atoms with van der Waals surface area (Å²) >= 11 is 0. The number of methoxy groups -OCH3 is 3. The Balaban J connectivity index is 2.70. The lowest BCUT2D eigenvalue weighted by Crippen LogP contribution is -2.60. The summed E-state index contributed by atoms with van der Waals surface area (Å²) in [6.45, 7) is 1.84. The third-order valence-corrected chi connectivity index (χ3v) is 3.34. The van der Waals surface area contributed by atoms with Crippen LogP contribution >= 0.6 is 0 Å². The summed E-state index contributed by atoms with van der Waals surface area (Å²) in [5.74, 6) is -1.28. The number of carbonyl (C=O) groups excluding carboxylic acids is 1. The fraction of sp³-hybridized carbons (Fsp3) is 0.917. The molecule has 1 amide bonds. The average molecular weight is 277 g/mol. The maximum Gasteiger partial charge on any atom is 0.216 e. The predicted octanol–water partition coefficient (Wildman–Crippen LogP) is -0.376. The molecule has 0 spiro atoms. The molecule has 112 valence electrons. The molecule has 1 saturated heterocycles. The van der Waals surface area contributed by atoms with Crippen LogP contribution < -0.4 is 5.32 Å². The minimum absolute atomic E-state index is 0.127. The van der Waals surface area contributed by atoms with Crippen LogP contribution in [0.1, 0.15) is 19.8 Å². The molecule has 0 unspecified atom stereocenters. The van der Waals surface area contributed by atoms with Crippen LogP contribution in [0.5, 0.6) is 0 Å². The van der Waals surface area contributed by atoms with Gasteiger partial charge in [-0.1, -0.05) is 0 Å². The minimum atomic E-state index is -1.15. The molecule has 1 heterocycles. The van der Waals surface area contributed by atoms with Gasteiger partial charge in [0.2, 0.25) is 11.7 Å². The van der Waals surface area contributed by atoms with Gasteiger partial charge in [0.1, 0.15) is 6.10 Å². The van der Waals surface area contributed by atoms with E-state index in [-0.39, 0.29) is 12.3 Å². The molecule has 19 heavy (non-hydrogen) atoms. The number of carbonyl (C=O) groups is 1. The van der Waals surface area contributed by atoms with Gasteiger partial charge in [0.05, 0.1) is 12.5 Å². The SMILES string of the molecule is CO[C@H]1CC(OC)(OC)[C@H](O)[C@@H](CCNC(C)=O)O1. The number of amides is 1. The van der Waals surface area contributed by atoms with E-state index in [1.165, 1.54) is 28.3 Å². The van der Waals surface area contributed by atoms with E-state index in [0.717, 1.165) is 0 Å². The molecule has 1 fully saturated rings. The predicted molar refractivity (Wildman–Crippen MR) is 66.3 cm³/mol. The van der Waals surface area contributed by atoms with Crippen molar-refractivity contribution in [3.8, 4) is 0 Å². The van der Waals surface area contributed by atoms with Gasteiger partial charge in [-0.15, -0.1) is 0 Å². The Labute approximate surface area is 113 Å². The summed E-state index contributed by atoms with van der Waals surface area (Å²) in [7, 11) is 4.45. The van der Waals surface area contributed by atoms with Gasteiger partial charge in [-0.3, -0.25) is 4.79 Å². The number of hydrogen-bond donors (Lipinski definition) is 2. The molecular weight excluding hydrogens is 254 g/mol. The Hall–Kier alpha value is -0.730. The summed E-state index contributed by atoms with van der Waals surface area (Å²) < 4.78 is 21.4. The smallest absolute Gasteiger partial charge is 0.216 e. The van der Waals surface area contributed by atoms with E-state index < -0.39 is 24.3 Å². The monoisotopic (exact) mass is 277 g/mol. The van der Waals surface area contributed by atoms with E-state index in [0.29, 0.717) is 13.0 Å². The van der Waals surface area contributed by atoms with Crippen LogP contribution in [0, 0.1) is 0 Å². The molecule has 0 bridgehead atoms. The van der Waals surface area contributed by atoms with Crippen molar-refractivity contribution in [1.82, 2.24) is 5.32 Å². The maximum atomic E-state index is 10.8. The Morgan fingerprint density at radius 3 is 2.53 bits per heavy atom. The second kappa shape index (κ2) is 7.16. The molecular formula is C12H23NO6. The lowest BCUT2D eigenvalue weighted by Gasteiger charge is -2.45. The zero-order valence-corrected chi connectivity index (χ0v) is 11.8. The van der Waals surface area contributed by atoms with Crippen LogP contribution in [0.15, 0.2) is 0 Å². The molecule has 0 aromatic carbocycles. The van der Waals surface area contributed by atoms with E-state index >= 15 is 0 Å². The van der Waals surface area contributed by atoms with Crippen molar-refractivity contribution in [2.45, 2.75) is 44.1 Å². The van der Waals surface area contributed by atoms with Crippen molar-refractivity contribution < 1.29 is 28.8 Å². The van der Waals surface area contributed by atoms with Crippen molar-refractivity contribution in [2.75, 3.05) is 27.9 Å². The molecule has 1 rings (SSSR count). The highest BCUT2D eigenvalue weighted by Gasteiger charge is 2.50. The van der Waals surface area contributed by atoms with Crippen molar-refractivity contribution >= 4 is 5.91 Å². The molecule has 7 nitrogen and oxygen atoms in total. The number of aliphatic hydroxyl groups is 1. The highest BCUT2D eigenvalue weighted by molar-refractivity contribution is 5.72. The molecule has 3 atom stereocenters. The first-order valence-electron chi connectivity index (χ1n) is 6.20. The minimum Gasteiger partial charge on any atom is -0.385 e. The number of nitrogens with one attached hydrogen (secondary N) is 1. The van der Waals surface area contributed by atoms with Crippen LogP contribution in [-0.2, 0) is 23.7 Å². The quantitative estimate of drug-likeness (QED) is 0.644. The summed E-state index contributed by atoms with van der Waals surface area (Å²) in [5, 5.41) is 13.0. The van der Waals surface area contributed by atoms with E-state index in [2.05, 4.69) is 5.32 Å². The van der Waals surface area contributed by atoms with Gasteiger partial charge in [0.15, 0.2) is 6.29 Å². The molecule has 1 aliphatic heterocycles. The number of hydrogen-bond acceptors (Lipinski definition) is 6. The second-order valence-electron chi connectivity index (χ2n) is 4.48.